The number of aliphatic imine (C=N–C) groups is 1. The minimum atomic E-state index is -0.182. The lowest BCUT2D eigenvalue weighted by atomic mass is 10.1. The molecule has 0 unspecified atom stereocenters. The molecule has 0 radical (unpaired) electrons. The molecule has 0 atom stereocenters. The highest BCUT2D eigenvalue weighted by molar-refractivity contribution is 5.79. The molecule has 0 saturated heterocycles. The molecule has 134 valence electrons. The first-order valence-corrected chi connectivity index (χ1v) is 8.78. The summed E-state index contributed by atoms with van der Waals surface area (Å²) in [6, 6.07) is 5.11. The number of benzene rings is 1. The van der Waals surface area contributed by atoms with E-state index in [9.17, 15) is 4.39 Å². The smallest absolute Gasteiger partial charge is 0.191 e. The van der Waals surface area contributed by atoms with Crippen LogP contribution in [0.15, 0.2) is 23.2 Å². The van der Waals surface area contributed by atoms with Crippen molar-refractivity contribution in [2.45, 2.75) is 52.2 Å². The quantitative estimate of drug-likeness (QED) is 0.660. The molecule has 1 aromatic carbocycles. The van der Waals surface area contributed by atoms with Gasteiger partial charge in [-0.3, -0.25) is 4.99 Å². The van der Waals surface area contributed by atoms with Crippen LogP contribution >= 0.6 is 0 Å². The molecule has 1 aliphatic rings. The summed E-state index contributed by atoms with van der Waals surface area (Å²) in [5.74, 6) is 2.53. The number of rotatable bonds is 4. The largest absolute Gasteiger partial charge is 0.352 e. The minimum Gasteiger partial charge on any atom is -0.352 e. The Morgan fingerprint density at radius 1 is 1.20 bits per heavy atom. The molecule has 6 nitrogen and oxygen atoms in total. The highest BCUT2D eigenvalue weighted by atomic mass is 19.1. The Bertz CT molecular complexity index is 752. The van der Waals surface area contributed by atoms with E-state index in [0.717, 1.165) is 30.2 Å². The van der Waals surface area contributed by atoms with Crippen molar-refractivity contribution in [2.24, 2.45) is 4.99 Å². The highest BCUT2D eigenvalue weighted by Crippen LogP contribution is 2.14. The van der Waals surface area contributed by atoms with E-state index in [1.807, 2.05) is 6.07 Å². The lowest BCUT2D eigenvalue weighted by molar-refractivity contribution is 0.596. The molecule has 0 aliphatic carbocycles. The Balaban J connectivity index is 1.56. The van der Waals surface area contributed by atoms with Crippen molar-refractivity contribution >= 4 is 5.96 Å². The van der Waals surface area contributed by atoms with Gasteiger partial charge in [-0.1, -0.05) is 18.6 Å². The first-order valence-electron chi connectivity index (χ1n) is 8.78. The summed E-state index contributed by atoms with van der Waals surface area (Å²) in [6.45, 7) is 3.91. The molecular formula is C18H25FN6. The van der Waals surface area contributed by atoms with Crippen LogP contribution in [0.25, 0.3) is 0 Å². The van der Waals surface area contributed by atoms with Gasteiger partial charge in [0.15, 0.2) is 11.8 Å². The number of aromatic nitrogens is 3. The third-order valence-electron chi connectivity index (χ3n) is 4.51. The molecule has 2 aromatic rings. The van der Waals surface area contributed by atoms with Crippen LogP contribution in [-0.4, -0.2) is 27.8 Å². The minimum absolute atomic E-state index is 0.182. The molecule has 3 rings (SSSR count). The summed E-state index contributed by atoms with van der Waals surface area (Å²) in [5, 5.41) is 15.1. The topological polar surface area (TPSA) is 67.1 Å². The van der Waals surface area contributed by atoms with Crippen LogP contribution in [0.4, 0.5) is 4.39 Å². The molecule has 2 heterocycles. The number of nitrogens with zero attached hydrogens (tertiary/aromatic N) is 4. The molecule has 0 saturated carbocycles. The zero-order valence-corrected chi connectivity index (χ0v) is 14.8. The van der Waals surface area contributed by atoms with Gasteiger partial charge in [-0.2, -0.15) is 0 Å². The van der Waals surface area contributed by atoms with E-state index in [-0.39, 0.29) is 5.82 Å². The number of aryl methyl sites for hydroxylation is 2. The van der Waals surface area contributed by atoms with Crippen LogP contribution in [0.2, 0.25) is 0 Å². The van der Waals surface area contributed by atoms with Gasteiger partial charge in [0.2, 0.25) is 0 Å². The van der Waals surface area contributed by atoms with Crippen LogP contribution < -0.4 is 10.6 Å². The number of hydrogen-bond donors (Lipinski definition) is 2. The average molecular weight is 344 g/mol. The fraction of sp³-hybridized carbons (Fsp3) is 0.500. The molecule has 0 fully saturated rings. The zero-order valence-electron chi connectivity index (χ0n) is 14.8. The maximum Gasteiger partial charge on any atom is 0.191 e. The SMILES string of the molecule is CN=C(NCc1ccc(F)c(C)c1)NCc1nnc2n1CCCCC2. The van der Waals surface area contributed by atoms with Gasteiger partial charge in [0.25, 0.3) is 0 Å². The molecule has 0 amide bonds. The van der Waals surface area contributed by atoms with E-state index in [4.69, 9.17) is 0 Å². The fourth-order valence-corrected chi connectivity index (χ4v) is 3.06. The van der Waals surface area contributed by atoms with Crippen molar-refractivity contribution in [1.29, 1.82) is 0 Å². The first kappa shape index (κ1) is 17.4. The van der Waals surface area contributed by atoms with Crippen molar-refractivity contribution in [3.05, 3.63) is 46.8 Å². The van der Waals surface area contributed by atoms with Crippen LogP contribution in [-0.2, 0) is 26.1 Å². The molecule has 25 heavy (non-hydrogen) atoms. The summed E-state index contributed by atoms with van der Waals surface area (Å²) in [7, 11) is 1.73. The van der Waals surface area contributed by atoms with Gasteiger partial charge in [-0.25, -0.2) is 4.39 Å². The number of hydrogen-bond acceptors (Lipinski definition) is 3. The van der Waals surface area contributed by atoms with Crippen molar-refractivity contribution in [2.75, 3.05) is 7.05 Å². The van der Waals surface area contributed by atoms with E-state index in [2.05, 4.69) is 30.4 Å². The van der Waals surface area contributed by atoms with Gasteiger partial charge in [-0.05, 0) is 37.0 Å². The summed E-state index contributed by atoms with van der Waals surface area (Å²) in [4.78, 5) is 4.24. The van der Waals surface area contributed by atoms with Gasteiger partial charge < -0.3 is 15.2 Å². The van der Waals surface area contributed by atoms with E-state index < -0.39 is 0 Å². The average Bonchev–Trinajstić information content (AvgIpc) is 2.85. The van der Waals surface area contributed by atoms with Gasteiger partial charge in [-0.15, -0.1) is 10.2 Å². The predicted molar refractivity (Wildman–Crippen MR) is 95.8 cm³/mol. The molecule has 7 heteroatoms. The summed E-state index contributed by atoms with van der Waals surface area (Å²) in [5.41, 5.74) is 1.66. The normalized spacial score (nSPS) is 14.8. The van der Waals surface area contributed by atoms with Crippen molar-refractivity contribution in [1.82, 2.24) is 25.4 Å². The maximum atomic E-state index is 13.3. The third kappa shape index (κ3) is 4.35. The monoisotopic (exact) mass is 344 g/mol. The van der Waals surface area contributed by atoms with Crippen molar-refractivity contribution in [3.8, 4) is 0 Å². The second kappa shape index (κ2) is 8.09. The Labute approximate surface area is 147 Å². The second-order valence-corrected chi connectivity index (χ2v) is 6.36. The Morgan fingerprint density at radius 2 is 2.04 bits per heavy atom. The molecule has 0 spiro atoms. The molecule has 1 aliphatic heterocycles. The Hall–Kier alpha value is -2.44. The molecular weight excluding hydrogens is 319 g/mol. The van der Waals surface area contributed by atoms with Gasteiger partial charge in [0.1, 0.15) is 11.6 Å². The number of nitrogens with one attached hydrogen (secondary N) is 2. The Morgan fingerprint density at radius 3 is 2.84 bits per heavy atom. The first-order chi connectivity index (χ1) is 12.2. The lowest BCUT2D eigenvalue weighted by Gasteiger charge is -2.13. The molecule has 1 aromatic heterocycles. The van der Waals surface area contributed by atoms with Gasteiger partial charge >= 0.3 is 0 Å². The Kier molecular flexibility index (Phi) is 5.63. The summed E-state index contributed by atoms with van der Waals surface area (Å²) < 4.78 is 15.6. The van der Waals surface area contributed by atoms with E-state index >= 15 is 0 Å². The third-order valence-corrected chi connectivity index (χ3v) is 4.51. The van der Waals surface area contributed by atoms with E-state index in [1.165, 1.54) is 25.3 Å². The van der Waals surface area contributed by atoms with Crippen LogP contribution in [0.3, 0.4) is 0 Å². The van der Waals surface area contributed by atoms with Crippen LogP contribution in [0, 0.1) is 12.7 Å². The highest BCUT2D eigenvalue weighted by Gasteiger charge is 2.14. The number of fused-ring (bicyclic) bond motifs is 1. The standard InChI is InChI=1S/C18H25FN6/c1-13-10-14(7-8-15(13)19)11-21-18(20-2)22-12-17-24-23-16-6-4-3-5-9-25(16)17/h7-8,10H,3-6,9,11-12H2,1-2H3,(H2,20,21,22). The lowest BCUT2D eigenvalue weighted by Crippen LogP contribution is -2.37. The summed E-state index contributed by atoms with van der Waals surface area (Å²) >= 11 is 0. The molecule has 2 N–H and O–H groups in total. The van der Waals surface area contributed by atoms with Crippen molar-refractivity contribution in [3.63, 3.8) is 0 Å². The van der Waals surface area contributed by atoms with E-state index in [0.29, 0.717) is 24.6 Å². The predicted octanol–water partition coefficient (Wildman–Crippen LogP) is 2.32. The fourth-order valence-electron chi connectivity index (χ4n) is 3.06. The zero-order chi connectivity index (χ0) is 17.6. The van der Waals surface area contributed by atoms with Gasteiger partial charge in [0.05, 0.1) is 6.54 Å². The van der Waals surface area contributed by atoms with E-state index in [1.54, 1.807) is 20.0 Å². The summed E-state index contributed by atoms with van der Waals surface area (Å²) in [6.07, 6.45) is 4.61. The van der Waals surface area contributed by atoms with Crippen LogP contribution in [0.1, 0.15) is 42.0 Å². The van der Waals surface area contributed by atoms with Crippen LogP contribution in [0.5, 0.6) is 0 Å². The number of guanidine groups is 1. The molecule has 0 bridgehead atoms. The van der Waals surface area contributed by atoms with Crippen molar-refractivity contribution < 1.29 is 4.39 Å². The van der Waals surface area contributed by atoms with Gasteiger partial charge in [0, 0.05) is 26.6 Å². The second-order valence-electron chi connectivity index (χ2n) is 6.36. The maximum absolute atomic E-state index is 13.3. The number of halogens is 1.